The van der Waals surface area contributed by atoms with E-state index < -0.39 is 23.3 Å². The van der Waals surface area contributed by atoms with Crippen LogP contribution in [-0.2, 0) is 16.5 Å². The number of rotatable bonds is 4. The van der Waals surface area contributed by atoms with Gasteiger partial charge in [0.25, 0.3) is 5.91 Å². The van der Waals surface area contributed by atoms with Crippen LogP contribution < -0.4 is 11.1 Å². The molecule has 4 rings (SSSR count). The van der Waals surface area contributed by atoms with Crippen molar-refractivity contribution in [3.05, 3.63) is 71.8 Å². The van der Waals surface area contributed by atoms with Crippen molar-refractivity contribution in [1.29, 1.82) is 0 Å². The zero-order valence-corrected chi connectivity index (χ0v) is 18.2. The van der Waals surface area contributed by atoms with Crippen molar-refractivity contribution in [2.75, 3.05) is 12.4 Å². The fraction of sp³-hybridized carbons (Fsp3) is 0.227. The summed E-state index contributed by atoms with van der Waals surface area (Å²) in [5.41, 5.74) is 5.43. The van der Waals surface area contributed by atoms with E-state index in [4.69, 9.17) is 5.73 Å². The molecule has 0 radical (unpaired) electrons. The fourth-order valence-corrected chi connectivity index (χ4v) is 3.48. The second-order valence-corrected chi connectivity index (χ2v) is 7.95. The SMILES string of the molecule is CN1C(=O)C[C@@](C)(c2cccc(NC(=O)c3ccc(-n4ccc(C(F)(F)F)n4)cn3)c2)N=C1N. The van der Waals surface area contributed by atoms with Crippen LogP contribution in [0, 0.1) is 0 Å². The number of aromatic nitrogens is 3. The molecule has 9 nitrogen and oxygen atoms in total. The van der Waals surface area contributed by atoms with Gasteiger partial charge in [0.2, 0.25) is 5.91 Å². The van der Waals surface area contributed by atoms with Gasteiger partial charge in [-0.1, -0.05) is 12.1 Å². The minimum atomic E-state index is -4.55. The van der Waals surface area contributed by atoms with Gasteiger partial charge >= 0.3 is 6.18 Å². The highest BCUT2D eigenvalue weighted by atomic mass is 19.4. The number of aliphatic imine (C=N–C) groups is 1. The van der Waals surface area contributed by atoms with Crippen molar-refractivity contribution in [2.24, 2.45) is 10.7 Å². The molecule has 12 heteroatoms. The Morgan fingerprint density at radius 3 is 2.59 bits per heavy atom. The molecular weight excluding hydrogens is 451 g/mol. The summed E-state index contributed by atoms with van der Waals surface area (Å²) in [5.74, 6) is -0.585. The molecule has 2 amide bonds. The van der Waals surface area contributed by atoms with Crippen molar-refractivity contribution < 1.29 is 22.8 Å². The van der Waals surface area contributed by atoms with Crippen LogP contribution in [0.3, 0.4) is 0 Å². The van der Waals surface area contributed by atoms with E-state index in [1.807, 2.05) is 0 Å². The number of carbonyl (C=O) groups is 2. The summed E-state index contributed by atoms with van der Waals surface area (Å²) >= 11 is 0. The Balaban J connectivity index is 1.50. The molecule has 176 valence electrons. The van der Waals surface area contributed by atoms with Gasteiger partial charge in [-0.2, -0.15) is 18.3 Å². The monoisotopic (exact) mass is 471 g/mol. The topological polar surface area (TPSA) is 118 Å². The molecule has 2 aromatic heterocycles. The van der Waals surface area contributed by atoms with E-state index in [2.05, 4.69) is 20.4 Å². The number of anilines is 1. The zero-order chi connectivity index (χ0) is 24.7. The van der Waals surface area contributed by atoms with Gasteiger partial charge in [0, 0.05) is 18.9 Å². The van der Waals surface area contributed by atoms with Crippen LogP contribution in [0.4, 0.5) is 18.9 Å². The second-order valence-electron chi connectivity index (χ2n) is 7.95. The first-order valence-electron chi connectivity index (χ1n) is 10.1. The molecule has 1 aromatic carbocycles. The first-order chi connectivity index (χ1) is 16.0. The first kappa shape index (κ1) is 23.0. The molecule has 0 saturated carbocycles. The van der Waals surface area contributed by atoms with E-state index in [-0.39, 0.29) is 29.7 Å². The Kier molecular flexibility index (Phi) is 5.59. The molecule has 3 heterocycles. The Morgan fingerprint density at radius 2 is 1.97 bits per heavy atom. The van der Waals surface area contributed by atoms with Crippen LogP contribution in [0.25, 0.3) is 5.69 Å². The number of halogens is 3. The second kappa shape index (κ2) is 8.28. The van der Waals surface area contributed by atoms with Crippen LogP contribution in [0.1, 0.15) is 35.1 Å². The highest BCUT2D eigenvalue weighted by Crippen LogP contribution is 2.34. The van der Waals surface area contributed by atoms with E-state index in [1.54, 1.807) is 38.2 Å². The summed E-state index contributed by atoms with van der Waals surface area (Å²) in [7, 11) is 1.55. The van der Waals surface area contributed by atoms with Crippen molar-refractivity contribution in [3.63, 3.8) is 0 Å². The maximum absolute atomic E-state index is 12.7. The number of benzene rings is 1. The third kappa shape index (κ3) is 4.47. The molecule has 0 aliphatic carbocycles. The Labute approximate surface area is 192 Å². The molecule has 0 unspecified atom stereocenters. The summed E-state index contributed by atoms with van der Waals surface area (Å²) in [6.07, 6.45) is -2.02. The molecule has 0 saturated heterocycles. The number of hydrogen-bond acceptors (Lipinski definition) is 6. The molecule has 0 bridgehead atoms. The summed E-state index contributed by atoms with van der Waals surface area (Å²) in [4.78, 5) is 34.7. The number of pyridine rings is 1. The van der Waals surface area contributed by atoms with Crippen molar-refractivity contribution in [2.45, 2.75) is 25.1 Å². The van der Waals surface area contributed by atoms with E-state index in [9.17, 15) is 22.8 Å². The number of hydrogen-bond donors (Lipinski definition) is 2. The standard InChI is InChI=1S/C22H20F3N7O2/c1-21(11-18(33)31(2)20(26)29-21)13-4-3-5-14(10-13)28-19(34)16-7-6-15(12-27-16)32-9-8-17(30-32)22(23,24)25/h3-10,12H,11H2,1-2H3,(H2,26,29)(H,28,34)/t21-/m0/s1. The van der Waals surface area contributed by atoms with Gasteiger partial charge in [-0.3, -0.25) is 14.5 Å². The maximum atomic E-state index is 12.7. The van der Waals surface area contributed by atoms with Gasteiger partial charge in [-0.25, -0.2) is 14.7 Å². The van der Waals surface area contributed by atoms with Gasteiger partial charge in [0.15, 0.2) is 11.7 Å². The number of carbonyl (C=O) groups excluding carboxylic acids is 2. The Morgan fingerprint density at radius 1 is 1.21 bits per heavy atom. The fourth-order valence-electron chi connectivity index (χ4n) is 3.48. The number of amides is 2. The van der Waals surface area contributed by atoms with E-state index in [0.29, 0.717) is 11.3 Å². The highest BCUT2D eigenvalue weighted by molar-refractivity contribution is 6.03. The summed E-state index contributed by atoms with van der Waals surface area (Å²) < 4.78 is 39.3. The molecule has 1 atom stereocenters. The number of nitrogens with one attached hydrogen (secondary N) is 1. The first-order valence-corrected chi connectivity index (χ1v) is 10.1. The average molecular weight is 471 g/mol. The molecule has 3 N–H and O–H groups in total. The predicted molar refractivity (Wildman–Crippen MR) is 117 cm³/mol. The van der Waals surface area contributed by atoms with E-state index in [1.165, 1.54) is 23.2 Å². The maximum Gasteiger partial charge on any atom is 0.435 e. The van der Waals surface area contributed by atoms with Crippen LogP contribution >= 0.6 is 0 Å². The number of nitrogens with zero attached hydrogens (tertiary/aromatic N) is 5. The molecule has 34 heavy (non-hydrogen) atoms. The molecule has 0 fully saturated rings. The smallest absolute Gasteiger partial charge is 0.369 e. The summed E-state index contributed by atoms with van der Waals surface area (Å²) in [5, 5.41) is 6.20. The average Bonchev–Trinajstić information content (AvgIpc) is 3.29. The summed E-state index contributed by atoms with van der Waals surface area (Å²) in [6, 6.07) is 10.5. The number of guanidine groups is 1. The normalized spacial score (nSPS) is 18.6. The van der Waals surface area contributed by atoms with Gasteiger partial charge in [-0.15, -0.1) is 0 Å². The van der Waals surface area contributed by atoms with Crippen LogP contribution in [0.2, 0.25) is 0 Å². The van der Waals surface area contributed by atoms with Crippen LogP contribution in [-0.4, -0.2) is 44.5 Å². The third-order valence-corrected chi connectivity index (χ3v) is 5.44. The van der Waals surface area contributed by atoms with Gasteiger partial charge in [-0.05, 0) is 42.8 Å². The van der Waals surface area contributed by atoms with Crippen LogP contribution in [0.5, 0.6) is 0 Å². The quantitative estimate of drug-likeness (QED) is 0.607. The van der Waals surface area contributed by atoms with Gasteiger partial charge < -0.3 is 11.1 Å². The molecule has 1 aliphatic rings. The van der Waals surface area contributed by atoms with Gasteiger partial charge in [0.1, 0.15) is 5.69 Å². The largest absolute Gasteiger partial charge is 0.435 e. The molecular formula is C22H20F3N7O2. The van der Waals surface area contributed by atoms with Crippen molar-refractivity contribution in [3.8, 4) is 5.69 Å². The molecule has 3 aromatic rings. The van der Waals surface area contributed by atoms with Crippen LogP contribution in [0.15, 0.2) is 59.9 Å². The predicted octanol–water partition coefficient (Wildman–Crippen LogP) is 2.93. The van der Waals surface area contributed by atoms with Gasteiger partial charge in [0.05, 0.1) is 23.8 Å². The lowest BCUT2D eigenvalue weighted by molar-refractivity contribution is -0.141. The summed E-state index contributed by atoms with van der Waals surface area (Å²) in [6.45, 7) is 1.78. The molecule has 0 spiro atoms. The zero-order valence-electron chi connectivity index (χ0n) is 18.2. The van der Waals surface area contributed by atoms with E-state index in [0.717, 1.165) is 16.9 Å². The number of nitrogens with two attached hydrogens (primary N) is 1. The van der Waals surface area contributed by atoms with E-state index >= 15 is 0 Å². The lowest BCUT2D eigenvalue weighted by Gasteiger charge is -2.33. The minimum Gasteiger partial charge on any atom is -0.369 e. The lowest BCUT2D eigenvalue weighted by atomic mass is 9.87. The molecule has 1 aliphatic heterocycles. The Hall–Kier alpha value is -4.22. The number of alkyl halides is 3. The third-order valence-electron chi connectivity index (χ3n) is 5.44. The minimum absolute atomic E-state index is 0.0558. The lowest BCUT2D eigenvalue weighted by Crippen LogP contribution is -2.47. The van der Waals surface area contributed by atoms with Crippen molar-refractivity contribution >= 4 is 23.5 Å². The highest BCUT2D eigenvalue weighted by Gasteiger charge is 2.36. The Bertz CT molecular complexity index is 1280. The van der Waals surface area contributed by atoms with Crippen molar-refractivity contribution in [1.82, 2.24) is 19.7 Å².